The van der Waals surface area contributed by atoms with Crippen molar-refractivity contribution in [1.29, 1.82) is 0 Å². The normalized spacial score (nSPS) is 27.4. The third-order valence-electron chi connectivity index (χ3n) is 5.33. The van der Waals surface area contributed by atoms with Gasteiger partial charge in [-0.2, -0.15) is 0 Å². The Morgan fingerprint density at radius 3 is 2.57 bits per heavy atom. The highest BCUT2D eigenvalue weighted by Crippen LogP contribution is 2.48. The SMILES string of the molecule is CN(CC1CC2CCC1C2)c1nc2ccccc2nc1N. The molecule has 2 saturated carbocycles. The van der Waals surface area contributed by atoms with E-state index in [1.807, 2.05) is 24.3 Å². The van der Waals surface area contributed by atoms with E-state index in [0.717, 1.165) is 41.1 Å². The second kappa shape index (κ2) is 4.86. The lowest BCUT2D eigenvalue weighted by atomic mass is 9.88. The summed E-state index contributed by atoms with van der Waals surface area (Å²) >= 11 is 0. The number of anilines is 2. The van der Waals surface area contributed by atoms with Crippen LogP contribution >= 0.6 is 0 Å². The number of nitrogens with zero attached hydrogens (tertiary/aromatic N) is 3. The predicted molar refractivity (Wildman–Crippen MR) is 86.2 cm³/mol. The maximum absolute atomic E-state index is 6.12. The van der Waals surface area contributed by atoms with Gasteiger partial charge in [0.2, 0.25) is 0 Å². The molecule has 0 amide bonds. The summed E-state index contributed by atoms with van der Waals surface area (Å²) in [4.78, 5) is 11.4. The van der Waals surface area contributed by atoms with E-state index in [1.54, 1.807) is 0 Å². The summed E-state index contributed by atoms with van der Waals surface area (Å²) in [5, 5.41) is 0. The minimum Gasteiger partial charge on any atom is -0.381 e. The van der Waals surface area contributed by atoms with Gasteiger partial charge in [0.25, 0.3) is 0 Å². The van der Waals surface area contributed by atoms with Crippen LogP contribution in [0.15, 0.2) is 24.3 Å². The van der Waals surface area contributed by atoms with Gasteiger partial charge in [0.1, 0.15) is 0 Å². The zero-order valence-corrected chi connectivity index (χ0v) is 12.5. The van der Waals surface area contributed by atoms with Gasteiger partial charge in [-0.3, -0.25) is 0 Å². The summed E-state index contributed by atoms with van der Waals surface area (Å²) in [7, 11) is 2.10. The lowest BCUT2D eigenvalue weighted by Gasteiger charge is -2.28. The fourth-order valence-electron chi connectivity index (χ4n) is 4.32. The largest absolute Gasteiger partial charge is 0.381 e. The van der Waals surface area contributed by atoms with Crippen LogP contribution in [0.3, 0.4) is 0 Å². The molecule has 110 valence electrons. The average molecular weight is 282 g/mol. The van der Waals surface area contributed by atoms with E-state index >= 15 is 0 Å². The van der Waals surface area contributed by atoms with Gasteiger partial charge >= 0.3 is 0 Å². The topological polar surface area (TPSA) is 55.0 Å². The molecule has 0 saturated heterocycles. The van der Waals surface area contributed by atoms with Crippen molar-refractivity contribution in [3.8, 4) is 0 Å². The molecule has 4 rings (SSSR count). The molecule has 1 aromatic heterocycles. The van der Waals surface area contributed by atoms with E-state index in [-0.39, 0.29) is 0 Å². The van der Waals surface area contributed by atoms with Crippen molar-refractivity contribution < 1.29 is 0 Å². The number of hydrogen-bond acceptors (Lipinski definition) is 4. The van der Waals surface area contributed by atoms with Crippen molar-refractivity contribution in [2.75, 3.05) is 24.2 Å². The lowest BCUT2D eigenvalue weighted by molar-refractivity contribution is 0.337. The Morgan fingerprint density at radius 1 is 1.14 bits per heavy atom. The van der Waals surface area contributed by atoms with Crippen LogP contribution in [0.2, 0.25) is 0 Å². The molecular weight excluding hydrogens is 260 g/mol. The monoisotopic (exact) mass is 282 g/mol. The lowest BCUT2D eigenvalue weighted by Crippen LogP contribution is -2.30. The van der Waals surface area contributed by atoms with Crippen LogP contribution in [-0.4, -0.2) is 23.6 Å². The van der Waals surface area contributed by atoms with Crippen molar-refractivity contribution >= 4 is 22.7 Å². The second-order valence-electron chi connectivity index (χ2n) is 6.74. The van der Waals surface area contributed by atoms with E-state index in [0.29, 0.717) is 5.82 Å². The number of hydrogen-bond donors (Lipinski definition) is 1. The molecule has 2 aromatic rings. The van der Waals surface area contributed by atoms with E-state index < -0.39 is 0 Å². The molecule has 1 heterocycles. The molecule has 0 aliphatic heterocycles. The van der Waals surface area contributed by atoms with E-state index in [1.165, 1.54) is 25.7 Å². The molecule has 3 unspecified atom stereocenters. The zero-order chi connectivity index (χ0) is 14.4. The summed E-state index contributed by atoms with van der Waals surface area (Å²) in [6.07, 6.45) is 5.69. The van der Waals surface area contributed by atoms with Gasteiger partial charge in [0.15, 0.2) is 11.6 Å². The quantitative estimate of drug-likeness (QED) is 0.940. The highest BCUT2D eigenvalue weighted by atomic mass is 15.2. The van der Waals surface area contributed by atoms with Gasteiger partial charge in [-0.15, -0.1) is 0 Å². The maximum Gasteiger partial charge on any atom is 0.171 e. The molecule has 4 nitrogen and oxygen atoms in total. The minimum atomic E-state index is 0.541. The second-order valence-corrected chi connectivity index (χ2v) is 6.74. The molecule has 1 aromatic carbocycles. The van der Waals surface area contributed by atoms with E-state index in [2.05, 4.69) is 16.9 Å². The van der Waals surface area contributed by atoms with Crippen LogP contribution in [-0.2, 0) is 0 Å². The fraction of sp³-hybridized carbons (Fsp3) is 0.529. The molecule has 0 spiro atoms. The Balaban J connectivity index is 1.58. The van der Waals surface area contributed by atoms with Gasteiger partial charge in [-0.1, -0.05) is 18.6 Å². The van der Waals surface area contributed by atoms with Crippen LogP contribution in [0.25, 0.3) is 11.0 Å². The fourth-order valence-corrected chi connectivity index (χ4v) is 4.32. The summed E-state index contributed by atoms with van der Waals surface area (Å²) in [5.74, 6) is 4.08. The molecule has 3 atom stereocenters. The highest BCUT2D eigenvalue weighted by molar-refractivity contribution is 5.79. The Labute approximate surface area is 125 Å². The first-order valence-electron chi connectivity index (χ1n) is 7.94. The summed E-state index contributed by atoms with van der Waals surface area (Å²) in [6.45, 7) is 1.05. The number of fused-ring (bicyclic) bond motifs is 3. The summed E-state index contributed by atoms with van der Waals surface area (Å²) in [5.41, 5.74) is 7.91. The Morgan fingerprint density at radius 2 is 1.90 bits per heavy atom. The first kappa shape index (κ1) is 12.9. The summed E-state index contributed by atoms with van der Waals surface area (Å²) < 4.78 is 0. The van der Waals surface area contributed by atoms with E-state index in [4.69, 9.17) is 10.7 Å². The summed E-state index contributed by atoms with van der Waals surface area (Å²) in [6, 6.07) is 7.91. The highest BCUT2D eigenvalue weighted by Gasteiger charge is 2.39. The molecule has 0 radical (unpaired) electrons. The minimum absolute atomic E-state index is 0.541. The molecule has 2 aliphatic carbocycles. The van der Waals surface area contributed by atoms with E-state index in [9.17, 15) is 0 Å². The van der Waals surface area contributed by atoms with Gasteiger partial charge in [-0.05, 0) is 49.1 Å². The predicted octanol–water partition coefficient (Wildman–Crippen LogP) is 3.08. The van der Waals surface area contributed by atoms with Crippen molar-refractivity contribution in [2.45, 2.75) is 25.7 Å². The van der Waals surface area contributed by atoms with Crippen LogP contribution in [0, 0.1) is 17.8 Å². The number of aromatic nitrogens is 2. The Hall–Kier alpha value is -1.84. The number of para-hydroxylation sites is 2. The number of benzene rings is 1. The van der Waals surface area contributed by atoms with Crippen molar-refractivity contribution in [2.24, 2.45) is 17.8 Å². The van der Waals surface area contributed by atoms with Gasteiger partial charge in [0, 0.05) is 13.6 Å². The first-order valence-corrected chi connectivity index (χ1v) is 7.94. The third kappa shape index (κ3) is 2.23. The van der Waals surface area contributed by atoms with Crippen molar-refractivity contribution in [3.05, 3.63) is 24.3 Å². The first-order chi connectivity index (χ1) is 10.2. The molecule has 4 heteroatoms. The van der Waals surface area contributed by atoms with Crippen LogP contribution in [0.1, 0.15) is 25.7 Å². The van der Waals surface area contributed by atoms with Crippen molar-refractivity contribution in [1.82, 2.24) is 9.97 Å². The molecule has 2 N–H and O–H groups in total. The smallest absolute Gasteiger partial charge is 0.171 e. The Bertz CT molecular complexity index is 669. The maximum atomic E-state index is 6.12. The van der Waals surface area contributed by atoms with Gasteiger partial charge in [-0.25, -0.2) is 9.97 Å². The standard InChI is InChI=1S/C17H22N4/c1-21(10-13-9-11-6-7-12(13)8-11)17-16(18)19-14-4-2-3-5-15(14)20-17/h2-5,11-13H,6-10H2,1H3,(H2,18,19). The van der Waals surface area contributed by atoms with Crippen molar-refractivity contribution in [3.63, 3.8) is 0 Å². The molecule has 2 bridgehead atoms. The van der Waals surface area contributed by atoms with Crippen LogP contribution in [0.4, 0.5) is 11.6 Å². The van der Waals surface area contributed by atoms with Crippen LogP contribution in [0.5, 0.6) is 0 Å². The Kier molecular flexibility index (Phi) is 2.98. The molecule has 21 heavy (non-hydrogen) atoms. The van der Waals surface area contributed by atoms with Gasteiger partial charge in [0.05, 0.1) is 11.0 Å². The molecule has 2 aliphatic rings. The van der Waals surface area contributed by atoms with Gasteiger partial charge < -0.3 is 10.6 Å². The number of rotatable bonds is 3. The van der Waals surface area contributed by atoms with Crippen LogP contribution < -0.4 is 10.6 Å². The number of nitrogen functional groups attached to an aromatic ring is 1. The molecular formula is C17H22N4. The zero-order valence-electron chi connectivity index (χ0n) is 12.5. The third-order valence-corrected chi connectivity index (χ3v) is 5.33. The number of nitrogens with two attached hydrogens (primary N) is 1. The average Bonchev–Trinajstić information content (AvgIpc) is 3.09. The molecule has 2 fully saturated rings.